The monoisotopic (exact) mass is 389 g/mol. The largest absolute Gasteiger partial charge is 0.497 e. The predicted molar refractivity (Wildman–Crippen MR) is 102 cm³/mol. The Kier molecular flexibility index (Phi) is 6.51. The number of hydrogen-bond acceptors (Lipinski definition) is 6. The predicted octanol–water partition coefficient (Wildman–Crippen LogP) is 0.521. The molecule has 152 valence electrons. The molecule has 28 heavy (non-hydrogen) atoms. The van der Waals surface area contributed by atoms with Crippen LogP contribution < -0.4 is 10.1 Å². The van der Waals surface area contributed by atoms with Crippen molar-refractivity contribution >= 4 is 17.8 Å². The first-order valence-electron chi connectivity index (χ1n) is 9.57. The lowest BCUT2D eigenvalue weighted by atomic mass is 9.95. The van der Waals surface area contributed by atoms with Gasteiger partial charge in [0, 0.05) is 24.6 Å². The highest BCUT2D eigenvalue weighted by molar-refractivity contribution is 5.95. The van der Waals surface area contributed by atoms with Crippen LogP contribution in [0.15, 0.2) is 24.3 Å². The normalized spacial score (nSPS) is 20.6. The van der Waals surface area contributed by atoms with Crippen molar-refractivity contribution in [2.75, 3.05) is 46.9 Å². The number of nitrogens with one attached hydrogen (secondary N) is 1. The van der Waals surface area contributed by atoms with E-state index in [0.717, 1.165) is 25.9 Å². The van der Waals surface area contributed by atoms with Gasteiger partial charge in [-0.1, -0.05) is 0 Å². The fourth-order valence-electron chi connectivity index (χ4n) is 3.79. The Balaban J connectivity index is 1.73. The lowest BCUT2D eigenvalue weighted by molar-refractivity contribution is -0.157. The summed E-state index contributed by atoms with van der Waals surface area (Å²) in [7, 11) is 2.87. The van der Waals surface area contributed by atoms with Crippen LogP contribution >= 0.6 is 0 Å². The molecule has 0 radical (unpaired) electrons. The molecule has 2 fully saturated rings. The van der Waals surface area contributed by atoms with Crippen LogP contribution in [0.5, 0.6) is 5.75 Å². The third-order valence-corrected chi connectivity index (χ3v) is 5.45. The zero-order chi connectivity index (χ0) is 20.1. The third kappa shape index (κ3) is 4.27. The molecule has 2 amide bonds. The smallest absolute Gasteiger partial charge is 0.330 e. The van der Waals surface area contributed by atoms with Crippen molar-refractivity contribution in [3.8, 4) is 5.75 Å². The Morgan fingerprint density at radius 3 is 2.32 bits per heavy atom. The maximum Gasteiger partial charge on any atom is 0.330 e. The van der Waals surface area contributed by atoms with Crippen LogP contribution in [0.1, 0.15) is 23.2 Å². The third-order valence-electron chi connectivity index (χ3n) is 5.45. The number of methoxy groups -OCH3 is 2. The summed E-state index contributed by atoms with van der Waals surface area (Å²) in [5, 5.41) is 3.24. The van der Waals surface area contributed by atoms with Gasteiger partial charge in [0.2, 0.25) is 5.91 Å². The van der Waals surface area contributed by atoms with Gasteiger partial charge in [-0.3, -0.25) is 9.59 Å². The molecule has 0 aromatic heterocycles. The molecular formula is C20H27N3O5. The molecule has 0 spiro atoms. The number of piperazine rings is 1. The van der Waals surface area contributed by atoms with Crippen LogP contribution in [0.3, 0.4) is 0 Å². The van der Waals surface area contributed by atoms with Crippen LogP contribution in [0.4, 0.5) is 0 Å². The molecule has 8 nitrogen and oxygen atoms in total. The molecule has 2 heterocycles. The number of piperidine rings is 1. The van der Waals surface area contributed by atoms with Crippen LogP contribution in [0.2, 0.25) is 0 Å². The first-order valence-corrected chi connectivity index (χ1v) is 9.57. The molecule has 2 aliphatic heterocycles. The molecular weight excluding hydrogens is 362 g/mol. The molecule has 0 saturated carbocycles. The van der Waals surface area contributed by atoms with Gasteiger partial charge < -0.3 is 24.6 Å². The van der Waals surface area contributed by atoms with E-state index in [0.29, 0.717) is 24.4 Å². The molecule has 8 heteroatoms. The summed E-state index contributed by atoms with van der Waals surface area (Å²) in [6.07, 6.45) is 1.52. The number of carbonyl (C=O) groups is 3. The van der Waals surface area contributed by atoms with Gasteiger partial charge in [0.05, 0.1) is 20.8 Å². The average Bonchev–Trinajstić information content (AvgIpc) is 2.77. The summed E-state index contributed by atoms with van der Waals surface area (Å²) < 4.78 is 10.0. The van der Waals surface area contributed by atoms with Crippen molar-refractivity contribution in [2.45, 2.75) is 18.9 Å². The number of esters is 1. The lowest BCUT2D eigenvalue weighted by Gasteiger charge is -2.41. The van der Waals surface area contributed by atoms with Crippen molar-refractivity contribution in [3.63, 3.8) is 0 Å². The minimum absolute atomic E-state index is 0.0200. The number of amides is 2. The molecule has 1 unspecified atom stereocenters. The van der Waals surface area contributed by atoms with E-state index in [2.05, 4.69) is 5.32 Å². The Morgan fingerprint density at radius 2 is 1.71 bits per heavy atom. The summed E-state index contributed by atoms with van der Waals surface area (Å²) >= 11 is 0. The Bertz CT molecular complexity index is 715. The van der Waals surface area contributed by atoms with Crippen LogP contribution in [0, 0.1) is 5.92 Å². The Labute approximate surface area is 164 Å². The van der Waals surface area contributed by atoms with Crippen molar-refractivity contribution in [1.29, 1.82) is 0 Å². The van der Waals surface area contributed by atoms with E-state index in [1.807, 2.05) is 0 Å². The van der Waals surface area contributed by atoms with Gasteiger partial charge >= 0.3 is 5.97 Å². The summed E-state index contributed by atoms with van der Waals surface area (Å²) in [5.41, 5.74) is 0.516. The van der Waals surface area contributed by atoms with E-state index in [-0.39, 0.29) is 24.3 Å². The number of hydrogen-bond donors (Lipinski definition) is 1. The van der Waals surface area contributed by atoms with Gasteiger partial charge in [-0.25, -0.2) is 4.79 Å². The zero-order valence-corrected chi connectivity index (χ0v) is 16.3. The molecule has 0 aliphatic carbocycles. The van der Waals surface area contributed by atoms with Gasteiger partial charge in [-0.05, 0) is 50.2 Å². The second kappa shape index (κ2) is 9.05. The number of benzene rings is 1. The van der Waals surface area contributed by atoms with E-state index in [4.69, 9.17) is 9.47 Å². The Hall–Kier alpha value is -2.61. The first-order chi connectivity index (χ1) is 13.5. The number of ether oxygens (including phenoxy) is 2. The van der Waals surface area contributed by atoms with E-state index in [1.165, 1.54) is 7.11 Å². The molecule has 1 N–H and O–H groups in total. The van der Waals surface area contributed by atoms with Crippen molar-refractivity contribution in [3.05, 3.63) is 29.8 Å². The van der Waals surface area contributed by atoms with Gasteiger partial charge in [0.1, 0.15) is 11.8 Å². The highest BCUT2D eigenvalue weighted by Crippen LogP contribution is 2.22. The minimum atomic E-state index is -0.775. The highest BCUT2D eigenvalue weighted by Gasteiger charge is 2.40. The molecule has 2 saturated heterocycles. The van der Waals surface area contributed by atoms with Gasteiger partial charge in [0.25, 0.3) is 5.91 Å². The molecule has 1 aromatic carbocycles. The molecule has 2 aliphatic rings. The number of carbonyl (C=O) groups excluding carboxylic acids is 3. The molecule has 0 bridgehead atoms. The molecule has 3 rings (SSSR count). The summed E-state index contributed by atoms with van der Waals surface area (Å²) in [6.45, 7) is 2.44. The molecule has 1 aromatic rings. The van der Waals surface area contributed by atoms with Crippen molar-refractivity contribution in [2.24, 2.45) is 5.92 Å². The van der Waals surface area contributed by atoms with Crippen LogP contribution in [-0.4, -0.2) is 80.6 Å². The second-order valence-electron chi connectivity index (χ2n) is 7.07. The second-order valence-corrected chi connectivity index (χ2v) is 7.07. The van der Waals surface area contributed by atoms with Gasteiger partial charge in [-0.2, -0.15) is 0 Å². The van der Waals surface area contributed by atoms with E-state index < -0.39 is 12.0 Å². The molecule has 1 atom stereocenters. The van der Waals surface area contributed by atoms with E-state index >= 15 is 0 Å². The lowest BCUT2D eigenvalue weighted by Crippen LogP contribution is -2.61. The topological polar surface area (TPSA) is 88.2 Å². The standard InChI is InChI=1S/C20H27N3O5/c1-27-16-5-3-14(4-6-16)18(24)22-11-12-23(17(13-22)20(26)28-2)19(25)15-7-9-21-10-8-15/h3-6,15,17,21H,7-13H2,1-2H3. The van der Waals surface area contributed by atoms with Gasteiger partial charge in [-0.15, -0.1) is 0 Å². The fourth-order valence-corrected chi connectivity index (χ4v) is 3.79. The quantitative estimate of drug-likeness (QED) is 0.756. The van der Waals surface area contributed by atoms with Crippen LogP contribution in [0.25, 0.3) is 0 Å². The van der Waals surface area contributed by atoms with E-state index in [1.54, 1.807) is 41.2 Å². The first kappa shape index (κ1) is 20.1. The van der Waals surface area contributed by atoms with E-state index in [9.17, 15) is 14.4 Å². The summed E-state index contributed by atoms with van der Waals surface area (Å²) in [6, 6.07) is 6.06. The minimum Gasteiger partial charge on any atom is -0.497 e. The van der Waals surface area contributed by atoms with Crippen molar-refractivity contribution < 1.29 is 23.9 Å². The SMILES string of the molecule is COC(=O)C1CN(C(=O)c2ccc(OC)cc2)CCN1C(=O)C1CCNCC1. The maximum atomic E-state index is 13.0. The van der Waals surface area contributed by atoms with Gasteiger partial charge in [0.15, 0.2) is 0 Å². The maximum absolute atomic E-state index is 13.0. The Morgan fingerprint density at radius 1 is 1.04 bits per heavy atom. The average molecular weight is 389 g/mol. The highest BCUT2D eigenvalue weighted by atomic mass is 16.5. The summed E-state index contributed by atoms with van der Waals surface area (Å²) in [4.78, 5) is 41.4. The number of nitrogens with zero attached hydrogens (tertiary/aromatic N) is 2. The zero-order valence-electron chi connectivity index (χ0n) is 16.3. The summed E-state index contributed by atoms with van der Waals surface area (Å²) in [5.74, 6) is -0.105. The fraction of sp³-hybridized carbons (Fsp3) is 0.550. The number of rotatable bonds is 4. The van der Waals surface area contributed by atoms with Crippen molar-refractivity contribution in [1.82, 2.24) is 15.1 Å². The van der Waals surface area contributed by atoms with Crippen LogP contribution in [-0.2, 0) is 14.3 Å².